The van der Waals surface area contributed by atoms with Crippen molar-refractivity contribution in [2.75, 3.05) is 13.2 Å². The van der Waals surface area contributed by atoms with E-state index in [1.165, 1.54) is 0 Å². The summed E-state index contributed by atoms with van der Waals surface area (Å²) in [7, 11) is 0. The fourth-order valence-electron chi connectivity index (χ4n) is 2.15. The van der Waals surface area contributed by atoms with Crippen LogP contribution in [0.3, 0.4) is 0 Å². The van der Waals surface area contributed by atoms with Crippen molar-refractivity contribution in [1.29, 1.82) is 0 Å². The number of aliphatic carboxylic acids is 1. The zero-order valence-electron chi connectivity index (χ0n) is 11.1. The van der Waals surface area contributed by atoms with Crippen molar-refractivity contribution in [3.63, 3.8) is 0 Å². The highest BCUT2D eigenvalue weighted by atomic mass is 16.5. The molecule has 1 rings (SSSR count). The summed E-state index contributed by atoms with van der Waals surface area (Å²) in [5.74, 6) is -0.977. The van der Waals surface area contributed by atoms with Gasteiger partial charge in [-0.2, -0.15) is 0 Å². The molecule has 1 saturated heterocycles. The Bertz CT molecular complexity index is 287. The van der Waals surface area contributed by atoms with Gasteiger partial charge in [0.2, 0.25) is 5.91 Å². The monoisotopic (exact) mass is 257 g/mol. The van der Waals surface area contributed by atoms with E-state index in [4.69, 9.17) is 9.84 Å². The topological polar surface area (TPSA) is 75.6 Å². The summed E-state index contributed by atoms with van der Waals surface area (Å²) < 4.78 is 5.31. The molecule has 0 spiro atoms. The fraction of sp³-hybridized carbons (Fsp3) is 0.846. The maximum Gasteiger partial charge on any atom is 0.326 e. The molecule has 3 atom stereocenters. The molecule has 0 aliphatic carbocycles. The molecule has 0 saturated carbocycles. The third-order valence-electron chi connectivity index (χ3n) is 3.52. The minimum Gasteiger partial charge on any atom is -0.480 e. The zero-order chi connectivity index (χ0) is 13.5. The Morgan fingerprint density at radius 3 is 2.72 bits per heavy atom. The van der Waals surface area contributed by atoms with Gasteiger partial charge in [0.15, 0.2) is 0 Å². The Labute approximate surface area is 108 Å². The summed E-state index contributed by atoms with van der Waals surface area (Å²) in [6, 6.07) is -0.785. The lowest BCUT2D eigenvalue weighted by atomic mass is 9.96. The molecule has 5 nitrogen and oxygen atoms in total. The highest BCUT2D eigenvalue weighted by molar-refractivity contribution is 5.83. The SMILES string of the molecule is CC[C@H](C)[C@H](NC(=O)CC1CCCOC1)C(=O)O. The quantitative estimate of drug-likeness (QED) is 0.754. The van der Waals surface area contributed by atoms with E-state index in [1.807, 2.05) is 13.8 Å². The number of nitrogens with one attached hydrogen (secondary N) is 1. The average molecular weight is 257 g/mol. The molecule has 0 aromatic rings. The second-order valence-corrected chi connectivity index (χ2v) is 5.06. The normalized spacial score (nSPS) is 23.1. The molecule has 0 radical (unpaired) electrons. The Morgan fingerprint density at radius 2 is 2.22 bits per heavy atom. The lowest BCUT2D eigenvalue weighted by Crippen LogP contribution is -2.45. The first-order valence-electron chi connectivity index (χ1n) is 6.64. The standard InChI is InChI=1S/C13H23NO4/c1-3-9(2)12(13(16)17)14-11(15)7-10-5-4-6-18-8-10/h9-10,12H,3-8H2,1-2H3,(H,14,15)(H,16,17)/t9-,10?,12-/m0/s1. The lowest BCUT2D eigenvalue weighted by molar-refractivity contribution is -0.143. The summed E-state index contributed by atoms with van der Waals surface area (Å²) in [5.41, 5.74) is 0. The molecule has 0 aromatic heterocycles. The Morgan fingerprint density at radius 1 is 1.50 bits per heavy atom. The van der Waals surface area contributed by atoms with Crippen molar-refractivity contribution >= 4 is 11.9 Å². The average Bonchev–Trinajstić information content (AvgIpc) is 2.36. The minimum absolute atomic E-state index is 0.0611. The van der Waals surface area contributed by atoms with Crippen molar-refractivity contribution < 1.29 is 19.4 Å². The predicted octanol–water partition coefficient (Wildman–Crippen LogP) is 1.42. The Hall–Kier alpha value is -1.10. The van der Waals surface area contributed by atoms with E-state index in [0.29, 0.717) is 13.0 Å². The third-order valence-corrected chi connectivity index (χ3v) is 3.52. The number of rotatable bonds is 6. The van der Waals surface area contributed by atoms with Gasteiger partial charge < -0.3 is 15.2 Å². The molecular formula is C13H23NO4. The van der Waals surface area contributed by atoms with Crippen LogP contribution in [0.4, 0.5) is 0 Å². The van der Waals surface area contributed by atoms with Crippen LogP contribution < -0.4 is 5.32 Å². The van der Waals surface area contributed by atoms with Crippen LogP contribution in [0.15, 0.2) is 0 Å². The van der Waals surface area contributed by atoms with Crippen LogP contribution in [-0.2, 0) is 14.3 Å². The second kappa shape index (κ2) is 7.36. The van der Waals surface area contributed by atoms with E-state index >= 15 is 0 Å². The molecule has 0 aromatic carbocycles. The van der Waals surface area contributed by atoms with Gasteiger partial charge in [-0.15, -0.1) is 0 Å². The van der Waals surface area contributed by atoms with Crippen LogP contribution >= 0.6 is 0 Å². The van der Waals surface area contributed by atoms with E-state index < -0.39 is 12.0 Å². The predicted molar refractivity (Wildman–Crippen MR) is 67.2 cm³/mol. The van der Waals surface area contributed by atoms with Crippen LogP contribution in [0, 0.1) is 11.8 Å². The Kier molecular flexibility index (Phi) is 6.12. The zero-order valence-corrected chi connectivity index (χ0v) is 11.1. The fourth-order valence-corrected chi connectivity index (χ4v) is 2.15. The largest absolute Gasteiger partial charge is 0.480 e. The van der Waals surface area contributed by atoms with Gasteiger partial charge in [0.05, 0.1) is 0 Å². The number of carbonyl (C=O) groups excluding carboxylic acids is 1. The van der Waals surface area contributed by atoms with Gasteiger partial charge in [0, 0.05) is 19.6 Å². The number of hydrogen-bond acceptors (Lipinski definition) is 3. The summed E-state index contributed by atoms with van der Waals surface area (Å²) >= 11 is 0. The highest BCUT2D eigenvalue weighted by Crippen LogP contribution is 2.17. The van der Waals surface area contributed by atoms with Gasteiger partial charge in [0.1, 0.15) is 6.04 Å². The van der Waals surface area contributed by atoms with Gasteiger partial charge in [0.25, 0.3) is 0 Å². The van der Waals surface area contributed by atoms with Crippen LogP contribution in [0.1, 0.15) is 39.5 Å². The molecule has 104 valence electrons. The molecule has 1 heterocycles. The third kappa shape index (κ3) is 4.64. The van der Waals surface area contributed by atoms with E-state index in [-0.39, 0.29) is 17.7 Å². The van der Waals surface area contributed by atoms with E-state index in [2.05, 4.69) is 5.32 Å². The van der Waals surface area contributed by atoms with Crippen LogP contribution in [0.5, 0.6) is 0 Å². The molecule has 5 heteroatoms. The first kappa shape index (κ1) is 15.0. The van der Waals surface area contributed by atoms with E-state index in [9.17, 15) is 9.59 Å². The van der Waals surface area contributed by atoms with Gasteiger partial charge in [-0.25, -0.2) is 4.79 Å². The van der Waals surface area contributed by atoms with Crippen LogP contribution in [0.25, 0.3) is 0 Å². The van der Waals surface area contributed by atoms with E-state index in [1.54, 1.807) is 0 Å². The second-order valence-electron chi connectivity index (χ2n) is 5.06. The summed E-state index contributed by atoms with van der Waals surface area (Å²) in [5, 5.41) is 11.7. The van der Waals surface area contributed by atoms with Crippen LogP contribution in [0.2, 0.25) is 0 Å². The molecule has 2 N–H and O–H groups in total. The molecule has 0 bridgehead atoms. The summed E-state index contributed by atoms with van der Waals surface area (Å²) in [6.45, 7) is 5.13. The van der Waals surface area contributed by atoms with Gasteiger partial charge in [-0.05, 0) is 24.7 Å². The van der Waals surface area contributed by atoms with Crippen molar-refractivity contribution in [1.82, 2.24) is 5.32 Å². The first-order chi connectivity index (χ1) is 8.54. The van der Waals surface area contributed by atoms with Gasteiger partial charge in [-0.1, -0.05) is 20.3 Å². The van der Waals surface area contributed by atoms with Crippen molar-refractivity contribution in [3.8, 4) is 0 Å². The van der Waals surface area contributed by atoms with Crippen molar-refractivity contribution in [2.24, 2.45) is 11.8 Å². The number of carboxylic acids is 1. The molecule has 1 aliphatic rings. The van der Waals surface area contributed by atoms with Gasteiger partial charge >= 0.3 is 5.97 Å². The first-order valence-corrected chi connectivity index (χ1v) is 6.64. The minimum atomic E-state index is -0.961. The highest BCUT2D eigenvalue weighted by Gasteiger charge is 2.26. The molecule has 1 aliphatic heterocycles. The lowest BCUT2D eigenvalue weighted by Gasteiger charge is -2.24. The summed E-state index contributed by atoms with van der Waals surface area (Å²) in [4.78, 5) is 22.9. The van der Waals surface area contributed by atoms with Crippen LogP contribution in [-0.4, -0.2) is 36.2 Å². The molecule has 18 heavy (non-hydrogen) atoms. The molecule has 1 fully saturated rings. The molecule has 1 unspecified atom stereocenters. The maximum absolute atomic E-state index is 11.8. The maximum atomic E-state index is 11.8. The van der Waals surface area contributed by atoms with Gasteiger partial charge in [-0.3, -0.25) is 4.79 Å². The number of amides is 1. The van der Waals surface area contributed by atoms with Crippen molar-refractivity contribution in [2.45, 2.75) is 45.6 Å². The summed E-state index contributed by atoms with van der Waals surface area (Å²) in [6.07, 6.45) is 3.05. The number of carboxylic acid groups (broad SMARTS) is 1. The molecule has 1 amide bonds. The van der Waals surface area contributed by atoms with E-state index in [0.717, 1.165) is 25.9 Å². The number of ether oxygens (including phenoxy) is 1. The Balaban J connectivity index is 2.42. The smallest absolute Gasteiger partial charge is 0.326 e. The molecular weight excluding hydrogens is 234 g/mol. The van der Waals surface area contributed by atoms with Crippen molar-refractivity contribution in [3.05, 3.63) is 0 Å². The number of hydrogen-bond donors (Lipinski definition) is 2. The number of carbonyl (C=O) groups is 2.